The molecule has 0 radical (unpaired) electrons. The van der Waals surface area contributed by atoms with Crippen LogP contribution in [0.3, 0.4) is 0 Å². The second-order valence-corrected chi connectivity index (χ2v) is 4.67. The van der Waals surface area contributed by atoms with Crippen molar-refractivity contribution in [2.24, 2.45) is 5.73 Å². The Bertz CT molecular complexity index is 303. The lowest BCUT2D eigenvalue weighted by Gasteiger charge is -2.23. The van der Waals surface area contributed by atoms with Crippen LogP contribution < -0.4 is 11.1 Å². The van der Waals surface area contributed by atoms with Gasteiger partial charge in [0.1, 0.15) is 0 Å². The summed E-state index contributed by atoms with van der Waals surface area (Å²) < 4.78 is 0. The maximum Gasteiger partial charge on any atom is 0.305 e. The molecule has 0 aromatic carbocycles. The number of likely N-dealkylation sites (N-methyl/N-ethyl adjacent to an activating group) is 1. The fraction of sp³-hybridized carbons (Fsp3) is 0.786. The van der Waals surface area contributed by atoms with Gasteiger partial charge in [-0.1, -0.05) is 27.2 Å². The molecule has 0 heterocycles. The van der Waals surface area contributed by atoms with E-state index in [4.69, 9.17) is 5.11 Å². The SMILES string of the molecule is CN(C)C(CCC[13CH3])C(=O)NCCC(=O)O.[13CH3]C([15NH2])=O.[13CH4]. The minimum atomic E-state index is -0.893. The third-order valence-corrected chi connectivity index (χ3v) is 2.40. The first-order valence-corrected chi connectivity index (χ1v) is 6.64. The Labute approximate surface area is 127 Å². The van der Waals surface area contributed by atoms with Crippen molar-refractivity contribution in [2.45, 2.75) is 53.0 Å². The molecule has 2 amide bonds. The molecule has 0 spiro atoms. The van der Waals surface area contributed by atoms with Crippen LogP contribution in [0.2, 0.25) is 0 Å². The van der Waals surface area contributed by atoms with Gasteiger partial charge in [0.05, 0.1) is 12.5 Å². The molecule has 0 aromatic heterocycles. The number of aliphatic carboxylic acids is 1. The summed E-state index contributed by atoms with van der Waals surface area (Å²) >= 11 is 0. The summed E-state index contributed by atoms with van der Waals surface area (Å²) in [7, 11) is 3.72. The number of nitrogens with one attached hydrogen (secondary N) is 1. The molecule has 7 nitrogen and oxygen atoms in total. The normalized spacial score (nSPS) is 10.7. The van der Waals surface area contributed by atoms with Crippen LogP contribution in [0.25, 0.3) is 0 Å². The number of rotatable bonds is 8. The lowest BCUT2D eigenvalue weighted by molar-refractivity contribution is -0.137. The molecule has 0 aliphatic carbocycles. The summed E-state index contributed by atoms with van der Waals surface area (Å²) in [4.78, 5) is 33.1. The van der Waals surface area contributed by atoms with Gasteiger partial charge in [0.2, 0.25) is 11.8 Å². The predicted octanol–water partition coefficient (Wildman–Crippen LogP) is 0.825. The third kappa shape index (κ3) is 18.4. The lowest BCUT2D eigenvalue weighted by Crippen LogP contribution is -2.44. The zero-order chi connectivity index (χ0) is 16.1. The first-order valence-electron chi connectivity index (χ1n) is 6.64. The van der Waals surface area contributed by atoms with Crippen LogP contribution in [0.4, 0.5) is 0 Å². The Morgan fingerprint density at radius 1 is 1.29 bits per heavy atom. The molecule has 1 unspecified atom stereocenters. The topological polar surface area (TPSA) is 113 Å². The monoisotopic (exact) mass is 309 g/mol. The number of nitrogens with two attached hydrogens (primary N) is 1. The van der Waals surface area contributed by atoms with Crippen molar-refractivity contribution in [2.75, 3.05) is 20.6 Å². The second kappa shape index (κ2) is 14.8. The molecule has 0 rings (SSSR count). The second-order valence-electron chi connectivity index (χ2n) is 4.67. The van der Waals surface area contributed by atoms with E-state index in [0.717, 1.165) is 19.3 Å². The summed E-state index contributed by atoms with van der Waals surface area (Å²) in [5.74, 6) is -1.31. The van der Waals surface area contributed by atoms with Crippen molar-refractivity contribution in [1.82, 2.24) is 10.2 Å². The Morgan fingerprint density at radius 2 is 1.76 bits per heavy atom. The maximum absolute atomic E-state index is 11.7. The molecular formula is C14H31N3O4. The number of amides is 2. The Morgan fingerprint density at radius 3 is 2.10 bits per heavy atom. The highest BCUT2D eigenvalue weighted by atomic mass is 16.4. The first kappa shape index (κ1) is 24.4. The number of hydrogen-bond acceptors (Lipinski definition) is 4. The highest BCUT2D eigenvalue weighted by Gasteiger charge is 2.19. The zero-order valence-corrected chi connectivity index (χ0v) is 12.8. The van der Waals surface area contributed by atoms with Gasteiger partial charge in [-0.25, -0.2) is 0 Å². The Balaban J connectivity index is -0.000000572. The molecule has 0 saturated carbocycles. The van der Waals surface area contributed by atoms with E-state index >= 15 is 0 Å². The summed E-state index contributed by atoms with van der Waals surface area (Å²) in [6.45, 7) is 3.58. The number of carbonyl (C=O) groups excluding carboxylic acids is 2. The largest absolute Gasteiger partial charge is 0.481 e. The summed E-state index contributed by atoms with van der Waals surface area (Å²) in [5.41, 5.74) is 4.47. The molecule has 0 saturated heterocycles. The third-order valence-electron chi connectivity index (χ3n) is 2.40. The zero-order valence-electron chi connectivity index (χ0n) is 12.8. The van der Waals surface area contributed by atoms with Gasteiger partial charge in [0.15, 0.2) is 0 Å². The summed E-state index contributed by atoms with van der Waals surface area (Å²) in [5, 5.41) is 11.1. The van der Waals surface area contributed by atoms with Gasteiger partial charge in [0.25, 0.3) is 0 Å². The quantitative estimate of drug-likeness (QED) is 0.454. The van der Waals surface area contributed by atoms with Crippen molar-refractivity contribution in [1.29, 1.82) is 0 Å². The van der Waals surface area contributed by atoms with Crippen LogP contribution in [0, 0.1) is 0 Å². The van der Waals surface area contributed by atoms with E-state index in [-0.39, 0.29) is 38.2 Å². The Kier molecular flexibility index (Phi) is 17.2. The minimum Gasteiger partial charge on any atom is -0.481 e. The van der Waals surface area contributed by atoms with Gasteiger partial charge in [0, 0.05) is 13.5 Å². The molecule has 0 aliphatic heterocycles. The molecule has 0 aromatic rings. The number of nitrogens with zero attached hydrogens (tertiary/aromatic N) is 1. The molecule has 21 heavy (non-hydrogen) atoms. The molecule has 0 aliphatic rings. The van der Waals surface area contributed by atoms with Crippen molar-refractivity contribution in [3.8, 4) is 0 Å². The van der Waals surface area contributed by atoms with E-state index in [1.54, 1.807) is 0 Å². The number of carboxylic acids is 1. The van der Waals surface area contributed by atoms with Gasteiger partial charge in [-0.3, -0.25) is 19.3 Å². The summed E-state index contributed by atoms with van der Waals surface area (Å²) in [6.07, 6.45) is 2.82. The van der Waals surface area contributed by atoms with Gasteiger partial charge in [-0.2, -0.15) is 0 Å². The van der Waals surface area contributed by atoms with Crippen molar-refractivity contribution < 1.29 is 19.5 Å². The van der Waals surface area contributed by atoms with Crippen LogP contribution in [0.5, 0.6) is 0 Å². The number of primary amides is 1. The number of hydrogen-bond donors (Lipinski definition) is 3. The molecule has 126 valence electrons. The van der Waals surface area contributed by atoms with Crippen molar-refractivity contribution in [3.63, 3.8) is 0 Å². The van der Waals surface area contributed by atoms with E-state index in [1.807, 2.05) is 19.0 Å². The standard InChI is InChI=1S/C11H22N2O3.C2H5NO.CH4/c1-4-5-6-9(13(2)3)11(16)12-8-7-10(14)15;1-2(3)4;/h9H,4-8H2,1-3H3,(H,12,16)(H,14,15);1H3,(H2,3,4);1H4/i1+1;1+1,3+1;1+1. The van der Waals surface area contributed by atoms with Crippen LogP contribution in [-0.4, -0.2) is 54.5 Å². The van der Waals surface area contributed by atoms with E-state index in [9.17, 15) is 14.4 Å². The number of carbonyl (C=O) groups is 3. The average molecular weight is 309 g/mol. The smallest absolute Gasteiger partial charge is 0.305 e. The van der Waals surface area contributed by atoms with Crippen molar-refractivity contribution >= 4 is 17.8 Å². The fourth-order valence-corrected chi connectivity index (χ4v) is 1.43. The molecule has 4 N–H and O–H groups in total. The summed E-state index contributed by atoms with van der Waals surface area (Å²) in [6, 6.07) is -0.159. The van der Waals surface area contributed by atoms with E-state index in [2.05, 4.69) is 18.0 Å². The molecule has 1 atom stereocenters. The van der Waals surface area contributed by atoms with Crippen LogP contribution in [0.15, 0.2) is 0 Å². The fourth-order valence-electron chi connectivity index (χ4n) is 1.43. The van der Waals surface area contributed by atoms with E-state index in [0.29, 0.717) is 0 Å². The van der Waals surface area contributed by atoms with Crippen LogP contribution in [-0.2, 0) is 14.4 Å². The van der Waals surface area contributed by atoms with E-state index in [1.165, 1.54) is 6.92 Å². The molecular weight excluding hydrogens is 278 g/mol. The maximum atomic E-state index is 11.7. The average Bonchev–Trinajstić information content (AvgIpc) is 2.27. The van der Waals surface area contributed by atoms with Crippen molar-refractivity contribution in [3.05, 3.63) is 0 Å². The molecule has 0 fully saturated rings. The Hall–Kier alpha value is -1.63. The lowest BCUT2D eigenvalue weighted by atomic mass is 10.1. The van der Waals surface area contributed by atoms with Gasteiger partial charge >= 0.3 is 5.97 Å². The van der Waals surface area contributed by atoms with E-state index < -0.39 is 5.97 Å². The van der Waals surface area contributed by atoms with Gasteiger partial charge in [-0.15, -0.1) is 0 Å². The first-order chi connectivity index (χ1) is 9.22. The highest BCUT2D eigenvalue weighted by molar-refractivity contribution is 5.82. The number of unbranched alkanes of at least 4 members (excludes halogenated alkanes) is 1. The minimum absolute atomic E-state index is 0. The molecule has 0 bridgehead atoms. The van der Waals surface area contributed by atoms with Crippen LogP contribution in [0.1, 0.15) is 47.0 Å². The van der Waals surface area contributed by atoms with Gasteiger partial charge in [-0.05, 0) is 20.5 Å². The highest BCUT2D eigenvalue weighted by Crippen LogP contribution is 2.05. The molecule has 7 heteroatoms. The van der Waals surface area contributed by atoms with Crippen LogP contribution >= 0.6 is 0 Å². The van der Waals surface area contributed by atoms with Gasteiger partial charge < -0.3 is 16.2 Å². The predicted molar refractivity (Wildman–Crippen MR) is 83.9 cm³/mol. The number of carboxylic acid groups (broad SMARTS) is 1.